The molecule has 0 saturated carbocycles. The van der Waals surface area contributed by atoms with Crippen molar-refractivity contribution in [2.24, 2.45) is 0 Å². The van der Waals surface area contributed by atoms with Crippen molar-refractivity contribution in [3.05, 3.63) is 60.5 Å². The normalized spacial score (nSPS) is 10.2. The van der Waals surface area contributed by atoms with E-state index in [9.17, 15) is 4.79 Å². The van der Waals surface area contributed by atoms with Gasteiger partial charge >= 0.3 is 5.97 Å². The van der Waals surface area contributed by atoms with E-state index < -0.39 is 5.97 Å². The van der Waals surface area contributed by atoms with E-state index in [-0.39, 0.29) is 0 Å². The number of methoxy groups -OCH3 is 1. The maximum absolute atomic E-state index is 12.2. The van der Waals surface area contributed by atoms with Crippen molar-refractivity contribution in [1.82, 2.24) is 10.2 Å². The summed E-state index contributed by atoms with van der Waals surface area (Å²) in [7, 11) is 1.51. The van der Waals surface area contributed by atoms with Gasteiger partial charge in [0.2, 0.25) is 12.3 Å². The highest BCUT2D eigenvalue weighted by molar-refractivity contribution is 5.94. The molecule has 0 aliphatic rings. The molecule has 1 heterocycles. The Morgan fingerprint density at radius 1 is 1.09 bits per heavy atom. The third-order valence-electron chi connectivity index (χ3n) is 3.00. The van der Waals surface area contributed by atoms with E-state index >= 15 is 0 Å². The third kappa shape index (κ3) is 2.80. The van der Waals surface area contributed by atoms with Crippen molar-refractivity contribution in [3.63, 3.8) is 0 Å². The number of rotatable bonds is 4. The molecular weight excluding hydrogens is 284 g/mol. The van der Waals surface area contributed by atoms with Gasteiger partial charge in [0.05, 0.1) is 7.11 Å². The van der Waals surface area contributed by atoms with Gasteiger partial charge in [-0.1, -0.05) is 12.1 Å². The van der Waals surface area contributed by atoms with Gasteiger partial charge in [0.1, 0.15) is 17.1 Å². The zero-order valence-corrected chi connectivity index (χ0v) is 11.7. The van der Waals surface area contributed by atoms with E-state index in [0.717, 1.165) is 5.56 Å². The topological polar surface area (TPSA) is 74.5 Å². The Morgan fingerprint density at radius 3 is 2.55 bits per heavy atom. The lowest BCUT2D eigenvalue weighted by molar-refractivity contribution is 0.0731. The first kappa shape index (κ1) is 13.8. The summed E-state index contributed by atoms with van der Waals surface area (Å²) < 4.78 is 15.6. The zero-order valence-electron chi connectivity index (χ0n) is 11.7. The second-order valence-electron chi connectivity index (χ2n) is 4.36. The summed E-state index contributed by atoms with van der Waals surface area (Å²) in [5, 5.41) is 7.42. The summed E-state index contributed by atoms with van der Waals surface area (Å²) >= 11 is 0. The molecule has 0 spiro atoms. The second kappa shape index (κ2) is 6.09. The molecule has 0 atom stereocenters. The number of ether oxygens (including phenoxy) is 2. The Bertz CT molecular complexity index is 767. The smallest absolute Gasteiger partial charge is 0.347 e. The highest BCUT2D eigenvalue weighted by Gasteiger charge is 2.14. The summed E-state index contributed by atoms with van der Waals surface area (Å²) in [5.74, 6) is 0.805. The summed E-state index contributed by atoms with van der Waals surface area (Å²) in [6.07, 6.45) is 1.25. The minimum Gasteiger partial charge on any atom is -0.496 e. The minimum absolute atomic E-state index is 0.367. The molecule has 6 heteroatoms. The Hall–Kier alpha value is -3.15. The van der Waals surface area contributed by atoms with Crippen molar-refractivity contribution in [3.8, 4) is 23.0 Å². The van der Waals surface area contributed by atoms with Gasteiger partial charge in [-0.15, -0.1) is 10.2 Å². The van der Waals surface area contributed by atoms with Gasteiger partial charge < -0.3 is 13.9 Å². The number of benzene rings is 2. The molecule has 0 radical (unpaired) electrons. The van der Waals surface area contributed by atoms with E-state index in [1.807, 2.05) is 0 Å². The molecule has 0 aliphatic heterocycles. The van der Waals surface area contributed by atoms with Crippen LogP contribution in [0.3, 0.4) is 0 Å². The molecule has 0 fully saturated rings. The number of hydrogen-bond acceptors (Lipinski definition) is 6. The fourth-order valence-corrected chi connectivity index (χ4v) is 1.94. The monoisotopic (exact) mass is 296 g/mol. The molecule has 0 unspecified atom stereocenters. The number of para-hydroxylation sites is 1. The first-order valence-corrected chi connectivity index (χ1v) is 6.50. The maximum Gasteiger partial charge on any atom is 0.347 e. The highest BCUT2D eigenvalue weighted by atomic mass is 16.5. The Kier molecular flexibility index (Phi) is 3.82. The molecular formula is C16H12N2O4. The lowest BCUT2D eigenvalue weighted by atomic mass is 10.2. The summed E-state index contributed by atoms with van der Waals surface area (Å²) in [4.78, 5) is 12.2. The molecule has 110 valence electrons. The van der Waals surface area contributed by atoms with Crippen LogP contribution in [0.5, 0.6) is 11.5 Å². The van der Waals surface area contributed by atoms with Crippen molar-refractivity contribution in [2.75, 3.05) is 7.11 Å². The van der Waals surface area contributed by atoms with Gasteiger partial charge in [-0.05, 0) is 36.4 Å². The fraction of sp³-hybridized carbons (Fsp3) is 0.0625. The number of nitrogens with zero attached hydrogens (tertiary/aromatic N) is 2. The number of esters is 1. The van der Waals surface area contributed by atoms with E-state index in [0.29, 0.717) is 23.0 Å². The lowest BCUT2D eigenvalue weighted by Gasteiger charge is -2.08. The first-order chi connectivity index (χ1) is 10.8. The van der Waals surface area contributed by atoms with Crippen LogP contribution in [0, 0.1) is 0 Å². The van der Waals surface area contributed by atoms with E-state index in [4.69, 9.17) is 13.9 Å². The predicted molar refractivity (Wildman–Crippen MR) is 77.7 cm³/mol. The van der Waals surface area contributed by atoms with Crippen LogP contribution in [0.1, 0.15) is 10.4 Å². The minimum atomic E-state index is -0.483. The van der Waals surface area contributed by atoms with Crippen LogP contribution in [0.15, 0.2) is 59.3 Å². The molecule has 0 saturated heterocycles. The number of hydrogen-bond donors (Lipinski definition) is 0. The molecule has 0 aliphatic carbocycles. The summed E-state index contributed by atoms with van der Waals surface area (Å²) in [5.41, 5.74) is 1.11. The summed E-state index contributed by atoms with van der Waals surface area (Å²) in [6.45, 7) is 0. The van der Waals surface area contributed by atoms with Crippen LogP contribution in [0.2, 0.25) is 0 Å². The largest absolute Gasteiger partial charge is 0.496 e. The Balaban J connectivity index is 1.77. The average molecular weight is 296 g/mol. The highest BCUT2D eigenvalue weighted by Crippen LogP contribution is 2.23. The van der Waals surface area contributed by atoms with Crippen LogP contribution in [-0.4, -0.2) is 23.3 Å². The van der Waals surface area contributed by atoms with E-state index in [1.54, 1.807) is 48.5 Å². The molecule has 0 N–H and O–H groups in total. The van der Waals surface area contributed by atoms with Gasteiger partial charge in [-0.3, -0.25) is 0 Å². The molecule has 0 amide bonds. The number of carbonyl (C=O) groups excluding carboxylic acids is 1. The molecule has 6 nitrogen and oxygen atoms in total. The Labute approximate surface area is 126 Å². The molecule has 22 heavy (non-hydrogen) atoms. The molecule has 2 aromatic carbocycles. The van der Waals surface area contributed by atoms with Gasteiger partial charge in [0, 0.05) is 5.56 Å². The van der Waals surface area contributed by atoms with E-state index in [2.05, 4.69) is 10.2 Å². The van der Waals surface area contributed by atoms with Crippen molar-refractivity contribution < 1.29 is 18.7 Å². The predicted octanol–water partition coefficient (Wildman–Crippen LogP) is 2.96. The molecule has 3 aromatic rings. The van der Waals surface area contributed by atoms with Crippen molar-refractivity contribution >= 4 is 5.97 Å². The standard InChI is InChI=1S/C16H12N2O4/c1-20-14-5-3-2-4-13(14)16(19)22-12-8-6-11(7-9-12)15-18-17-10-21-15/h2-10H,1H3. The Morgan fingerprint density at radius 2 is 1.86 bits per heavy atom. The van der Waals surface area contributed by atoms with Gasteiger partial charge in [0.25, 0.3) is 0 Å². The van der Waals surface area contributed by atoms with Gasteiger partial charge in [-0.2, -0.15) is 0 Å². The zero-order chi connectivity index (χ0) is 15.4. The van der Waals surface area contributed by atoms with E-state index in [1.165, 1.54) is 13.5 Å². The summed E-state index contributed by atoms with van der Waals surface area (Å²) in [6, 6.07) is 13.7. The lowest BCUT2D eigenvalue weighted by Crippen LogP contribution is -2.09. The SMILES string of the molecule is COc1ccccc1C(=O)Oc1ccc(-c2nnco2)cc1. The van der Waals surface area contributed by atoms with Crippen LogP contribution in [-0.2, 0) is 0 Å². The number of aromatic nitrogens is 2. The molecule has 0 bridgehead atoms. The quantitative estimate of drug-likeness (QED) is 0.544. The van der Waals surface area contributed by atoms with Gasteiger partial charge in [-0.25, -0.2) is 4.79 Å². The van der Waals surface area contributed by atoms with Crippen molar-refractivity contribution in [2.45, 2.75) is 0 Å². The van der Waals surface area contributed by atoms with Crippen LogP contribution < -0.4 is 9.47 Å². The molecule has 1 aromatic heterocycles. The fourth-order valence-electron chi connectivity index (χ4n) is 1.94. The number of carbonyl (C=O) groups is 1. The van der Waals surface area contributed by atoms with Gasteiger partial charge in [0.15, 0.2) is 0 Å². The first-order valence-electron chi connectivity index (χ1n) is 6.50. The van der Waals surface area contributed by atoms with Crippen molar-refractivity contribution in [1.29, 1.82) is 0 Å². The third-order valence-corrected chi connectivity index (χ3v) is 3.00. The molecule has 3 rings (SSSR count). The second-order valence-corrected chi connectivity index (χ2v) is 4.36. The maximum atomic E-state index is 12.2. The van der Waals surface area contributed by atoms with Crippen LogP contribution >= 0.6 is 0 Å². The van der Waals surface area contributed by atoms with Crippen LogP contribution in [0.4, 0.5) is 0 Å². The van der Waals surface area contributed by atoms with Crippen LogP contribution in [0.25, 0.3) is 11.5 Å². The average Bonchev–Trinajstić information content (AvgIpc) is 3.10.